The molecule has 28 heavy (non-hydrogen) atoms. The Hall–Kier alpha value is -3.06. The van der Waals surface area contributed by atoms with Gasteiger partial charge in [-0.25, -0.2) is 0 Å². The van der Waals surface area contributed by atoms with Gasteiger partial charge in [-0.05, 0) is 25.1 Å². The topological polar surface area (TPSA) is 72.8 Å². The van der Waals surface area contributed by atoms with Crippen molar-refractivity contribution in [2.45, 2.75) is 17.3 Å². The molecule has 4 aromatic rings. The number of benzene rings is 2. The molecule has 0 bridgehead atoms. The number of fused-ring (bicyclic) bond motifs is 1. The zero-order valence-corrected chi connectivity index (χ0v) is 16.7. The van der Waals surface area contributed by atoms with Gasteiger partial charge in [0.15, 0.2) is 16.8 Å². The van der Waals surface area contributed by atoms with Gasteiger partial charge in [-0.1, -0.05) is 42.1 Å². The van der Waals surface area contributed by atoms with Crippen molar-refractivity contribution in [2.75, 3.05) is 7.11 Å². The second kappa shape index (κ2) is 7.52. The lowest BCUT2D eigenvalue weighted by atomic mass is 10.1. The van der Waals surface area contributed by atoms with Crippen molar-refractivity contribution in [2.24, 2.45) is 7.05 Å². The first-order valence-corrected chi connectivity index (χ1v) is 9.78. The number of carbonyl (C=O) groups is 1. The number of aromatic nitrogens is 4. The largest absolute Gasteiger partial charge is 0.496 e. The number of H-pyrrole nitrogens is 1. The first kappa shape index (κ1) is 18.3. The minimum Gasteiger partial charge on any atom is -0.496 e. The van der Waals surface area contributed by atoms with Crippen LogP contribution in [0, 0.1) is 0 Å². The highest BCUT2D eigenvalue weighted by Gasteiger charge is 2.23. The number of nitrogens with zero attached hydrogens (tertiary/aromatic N) is 3. The van der Waals surface area contributed by atoms with Crippen LogP contribution in [-0.2, 0) is 7.05 Å². The minimum absolute atomic E-state index is 0.0595. The molecule has 2 heterocycles. The second-order valence-corrected chi connectivity index (χ2v) is 7.75. The number of ketones is 1. The summed E-state index contributed by atoms with van der Waals surface area (Å²) in [5.74, 6) is 1.49. The van der Waals surface area contributed by atoms with E-state index in [-0.39, 0.29) is 11.0 Å². The van der Waals surface area contributed by atoms with Crippen LogP contribution >= 0.6 is 11.8 Å². The number of hydrogen-bond acceptors (Lipinski definition) is 5. The molecule has 0 fully saturated rings. The number of rotatable bonds is 6. The van der Waals surface area contributed by atoms with Gasteiger partial charge in [0.1, 0.15) is 5.75 Å². The van der Waals surface area contributed by atoms with E-state index in [9.17, 15) is 4.79 Å². The van der Waals surface area contributed by atoms with Crippen LogP contribution in [0.4, 0.5) is 0 Å². The third-order valence-electron chi connectivity index (χ3n) is 4.69. The predicted molar refractivity (Wildman–Crippen MR) is 111 cm³/mol. The summed E-state index contributed by atoms with van der Waals surface area (Å²) in [6, 6.07) is 15.5. The van der Waals surface area contributed by atoms with Gasteiger partial charge in [0.05, 0.1) is 17.9 Å². The van der Waals surface area contributed by atoms with Crippen molar-refractivity contribution in [3.63, 3.8) is 0 Å². The fourth-order valence-electron chi connectivity index (χ4n) is 3.19. The van der Waals surface area contributed by atoms with Gasteiger partial charge >= 0.3 is 0 Å². The van der Waals surface area contributed by atoms with E-state index in [0.29, 0.717) is 16.5 Å². The Morgan fingerprint density at radius 1 is 1.14 bits per heavy atom. The van der Waals surface area contributed by atoms with Gasteiger partial charge in [-0.3, -0.25) is 4.79 Å². The van der Waals surface area contributed by atoms with Gasteiger partial charge < -0.3 is 14.3 Å². The van der Waals surface area contributed by atoms with E-state index < -0.39 is 0 Å². The van der Waals surface area contributed by atoms with Crippen LogP contribution in [0.1, 0.15) is 17.3 Å². The molecular formula is C21H20N4O2S. The van der Waals surface area contributed by atoms with E-state index in [1.165, 1.54) is 11.8 Å². The van der Waals surface area contributed by atoms with E-state index in [0.717, 1.165) is 22.2 Å². The first-order valence-electron chi connectivity index (χ1n) is 8.90. The predicted octanol–water partition coefficient (Wildman–Crippen LogP) is 4.34. The van der Waals surface area contributed by atoms with Crippen LogP contribution in [-0.4, -0.2) is 37.9 Å². The third kappa shape index (κ3) is 3.18. The summed E-state index contributed by atoms with van der Waals surface area (Å²) in [6.07, 6.45) is 1.78. The minimum atomic E-state index is -0.298. The van der Waals surface area contributed by atoms with Crippen molar-refractivity contribution in [1.29, 1.82) is 0 Å². The van der Waals surface area contributed by atoms with Crippen LogP contribution in [0.2, 0.25) is 0 Å². The number of thioether (sulfide) groups is 1. The number of methoxy groups -OCH3 is 1. The highest BCUT2D eigenvalue weighted by Crippen LogP contribution is 2.32. The molecule has 2 aromatic carbocycles. The summed E-state index contributed by atoms with van der Waals surface area (Å²) in [4.78, 5) is 16.2. The lowest BCUT2D eigenvalue weighted by molar-refractivity contribution is 0.0995. The molecule has 1 unspecified atom stereocenters. The zero-order valence-electron chi connectivity index (χ0n) is 15.8. The Labute approximate surface area is 166 Å². The van der Waals surface area contributed by atoms with Crippen LogP contribution in [0.25, 0.3) is 22.3 Å². The van der Waals surface area contributed by atoms with Crippen LogP contribution in [0.5, 0.6) is 5.75 Å². The van der Waals surface area contributed by atoms with E-state index in [1.54, 1.807) is 13.3 Å². The van der Waals surface area contributed by atoms with Crippen molar-refractivity contribution < 1.29 is 9.53 Å². The molecule has 0 saturated heterocycles. The maximum Gasteiger partial charge on any atom is 0.191 e. The highest BCUT2D eigenvalue weighted by atomic mass is 32.2. The average Bonchev–Trinajstić information content (AvgIpc) is 3.31. The molecule has 7 heteroatoms. The Kier molecular flexibility index (Phi) is 4.92. The summed E-state index contributed by atoms with van der Waals surface area (Å²) in [6.45, 7) is 1.90. The molecule has 0 radical (unpaired) electrons. The summed E-state index contributed by atoms with van der Waals surface area (Å²) >= 11 is 1.40. The van der Waals surface area contributed by atoms with Crippen LogP contribution in [0.3, 0.4) is 0 Å². The van der Waals surface area contributed by atoms with E-state index >= 15 is 0 Å². The van der Waals surface area contributed by atoms with Crippen molar-refractivity contribution in [3.05, 3.63) is 60.3 Å². The molecule has 142 valence electrons. The molecule has 0 spiro atoms. The third-order valence-corrected chi connectivity index (χ3v) is 5.82. The number of nitrogens with one attached hydrogen (secondary N) is 1. The van der Waals surface area contributed by atoms with Crippen LogP contribution < -0.4 is 4.74 Å². The molecule has 2 aromatic heterocycles. The summed E-state index contributed by atoms with van der Waals surface area (Å²) in [5, 5.41) is 9.93. The molecule has 6 nitrogen and oxygen atoms in total. The van der Waals surface area contributed by atoms with Gasteiger partial charge in [-0.2, -0.15) is 0 Å². The quantitative estimate of drug-likeness (QED) is 0.390. The van der Waals surface area contributed by atoms with Crippen LogP contribution in [0.15, 0.2) is 59.9 Å². The fourth-order valence-corrected chi connectivity index (χ4v) is 4.07. The number of aromatic amines is 1. The Morgan fingerprint density at radius 2 is 1.89 bits per heavy atom. The monoisotopic (exact) mass is 392 g/mol. The molecule has 0 aliphatic carbocycles. The number of para-hydroxylation sites is 2. The van der Waals surface area contributed by atoms with E-state index in [4.69, 9.17) is 4.74 Å². The Morgan fingerprint density at radius 3 is 2.71 bits per heavy atom. The standard InChI is InChI=1S/C21H20N4O2S/c1-13(19(26)16-12-22-17-10-6-4-8-14(16)17)28-21-24-23-20(25(21)2)15-9-5-7-11-18(15)27-3/h4-13,22H,1-3H3. The van der Waals surface area contributed by atoms with Gasteiger partial charge in [0, 0.05) is 29.7 Å². The smallest absolute Gasteiger partial charge is 0.191 e. The van der Waals surface area contributed by atoms with Crippen molar-refractivity contribution >= 4 is 28.4 Å². The highest BCUT2D eigenvalue weighted by molar-refractivity contribution is 8.00. The van der Waals surface area contributed by atoms with Crippen molar-refractivity contribution in [1.82, 2.24) is 19.7 Å². The van der Waals surface area contributed by atoms with Crippen molar-refractivity contribution in [3.8, 4) is 17.1 Å². The Bertz CT molecular complexity index is 1150. The molecule has 0 amide bonds. The Balaban J connectivity index is 1.59. The zero-order chi connectivity index (χ0) is 19.7. The molecular weight excluding hydrogens is 372 g/mol. The number of hydrogen-bond donors (Lipinski definition) is 1. The van der Waals surface area contributed by atoms with Gasteiger partial charge in [-0.15, -0.1) is 10.2 Å². The molecule has 0 aliphatic rings. The van der Waals surface area contributed by atoms with E-state index in [1.807, 2.05) is 67.1 Å². The fraction of sp³-hybridized carbons (Fsp3) is 0.190. The molecule has 0 saturated carbocycles. The summed E-state index contributed by atoms with van der Waals surface area (Å²) in [7, 11) is 3.53. The second-order valence-electron chi connectivity index (χ2n) is 6.44. The number of Topliss-reactive ketones (excluding diaryl/α,β-unsaturated/α-hetero) is 1. The van der Waals surface area contributed by atoms with Gasteiger partial charge in [0.2, 0.25) is 0 Å². The maximum absolute atomic E-state index is 13.0. The number of carbonyl (C=O) groups excluding carboxylic acids is 1. The molecule has 1 N–H and O–H groups in total. The van der Waals surface area contributed by atoms with Gasteiger partial charge in [0.25, 0.3) is 0 Å². The summed E-state index contributed by atoms with van der Waals surface area (Å²) in [5.41, 5.74) is 2.52. The lowest BCUT2D eigenvalue weighted by Gasteiger charge is -2.10. The SMILES string of the molecule is COc1ccccc1-c1nnc(SC(C)C(=O)c2c[nH]c3ccccc23)n1C. The normalized spacial score (nSPS) is 12.2. The average molecular weight is 392 g/mol. The summed E-state index contributed by atoms with van der Waals surface area (Å²) < 4.78 is 7.32. The first-order chi connectivity index (χ1) is 13.6. The van der Waals surface area contributed by atoms with E-state index in [2.05, 4.69) is 15.2 Å². The maximum atomic E-state index is 13.0. The lowest BCUT2D eigenvalue weighted by Crippen LogP contribution is -2.14. The molecule has 4 rings (SSSR count). The number of ether oxygens (including phenoxy) is 1. The molecule has 0 aliphatic heterocycles. The molecule has 1 atom stereocenters.